The van der Waals surface area contributed by atoms with Gasteiger partial charge in [0.25, 0.3) is 0 Å². The molecule has 64 valence electrons. The Morgan fingerprint density at radius 1 is 1.82 bits per heavy atom. The van der Waals surface area contributed by atoms with Crippen molar-refractivity contribution in [3.63, 3.8) is 0 Å². The Hall–Kier alpha value is -0.570. The number of hydrogen-bond acceptors (Lipinski definition) is 3. The molecule has 1 N–H and O–H groups in total. The second-order valence-electron chi connectivity index (χ2n) is 3.30. The minimum Gasteiger partial charge on any atom is -0.463 e. The summed E-state index contributed by atoms with van der Waals surface area (Å²) in [5.41, 5.74) is 0. The summed E-state index contributed by atoms with van der Waals surface area (Å²) in [6, 6.07) is 0. The van der Waals surface area contributed by atoms with E-state index < -0.39 is 6.10 Å². The van der Waals surface area contributed by atoms with Gasteiger partial charge in [-0.1, -0.05) is 6.92 Å². The molecule has 0 amide bonds. The lowest BCUT2D eigenvalue weighted by atomic mass is 10.3. The maximum absolute atomic E-state index is 11.0. The number of aliphatic hydroxyl groups is 1. The van der Waals surface area contributed by atoms with E-state index in [1.165, 1.54) is 0 Å². The van der Waals surface area contributed by atoms with Crippen molar-refractivity contribution in [3.8, 4) is 0 Å². The average molecular weight is 158 g/mol. The van der Waals surface area contributed by atoms with Crippen molar-refractivity contribution in [2.24, 2.45) is 11.8 Å². The summed E-state index contributed by atoms with van der Waals surface area (Å²) in [5.74, 6) is 0.434. The van der Waals surface area contributed by atoms with Crippen molar-refractivity contribution < 1.29 is 14.6 Å². The van der Waals surface area contributed by atoms with Crippen LogP contribution in [-0.2, 0) is 9.53 Å². The molecule has 1 saturated carbocycles. The van der Waals surface area contributed by atoms with Gasteiger partial charge in [0.2, 0.25) is 0 Å². The highest BCUT2D eigenvalue weighted by molar-refractivity contribution is 5.75. The molecule has 1 aliphatic rings. The van der Waals surface area contributed by atoms with Gasteiger partial charge in [-0.25, -0.2) is 0 Å². The van der Waals surface area contributed by atoms with Crippen LogP contribution in [-0.4, -0.2) is 23.8 Å². The van der Waals surface area contributed by atoms with Crippen LogP contribution in [0.3, 0.4) is 0 Å². The molecule has 1 aliphatic carbocycles. The van der Waals surface area contributed by atoms with Gasteiger partial charge >= 0.3 is 5.97 Å². The summed E-state index contributed by atoms with van der Waals surface area (Å²) in [5, 5.41) is 8.79. The van der Waals surface area contributed by atoms with Crippen LogP contribution in [0, 0.1) is 11.8 Å². The van der Waals surface area contributed by atoms with Gasteiger partial charge in [-0.3, -0.25) is 4.79 Å². The van der Waals surface area contributed by atoms with Crippen molar-refractivity contribution in [3.05, 3.63) is 0 Å². The number of hydrogen-bond donors (Lipinski definition) is 1. The van der Waals surface area contributed by atoms with Gasteiger partial charge < -0.3 is 9.84 Å². The smallest absolute Gasteiger partial charge is 0.309 e. The average Bonchev–Trinajstić information content (AvgIpc) is 2.61. The number of esters is 1. The van der Waals surface area contributed by atoms with Gasteiger partial charge in [-0.05, 0) is 19.3 Å². The molecule has 0 aliphatic heterocycles. The van der Waals surface area contributed by atoms with Crippen LogP contribution in [0.4, 0.5) is 0 Å². The number of ether oxygens (including phenoxy) is 1. The van der Waals surface area contributed by atoms with E-state index in [2.05, 4.69) is 0 Å². The minimum atomic E-state index is -0.548. The topological polar surface area (TPSA) is 46.5 Å². The highest BCUT2D eigenvalue weighted by atomic mass is 16.5. The highest BCUT2D eigenvalue weighted by Gasteiger charge is 2.40. The predicted octanol–water partition coefficient (Wildman–Crippen LogP) is 0.566. The van der Waals surface area contributed by atoms with Crippen molar-refractivity contribution in [1.29, 1.82) is 0 Å². The molecule has 1 unspecified atom stereocenters. The Morgan fingerprint density at radius 2 is 2.36 bits per heavy atom. The van der Waals surface area contributed by atoms with Crippen molar-refractivity contribution in [1.82, 2.24) is 0 Å². The van der Waals surface area contributed by atoms with E-state index in [4.69, 9.17) is 9.84 Å². The molecule has 3 heteroatoms. The fourth-order valence-electron chi connectivity index (χ4n) is 0.960. The molecule has 11 heavy (non-hydrogen) atoms. The predicted molar refractivity (Wildman–Crippen MR) is 39.9 cm³/mol. The van der Waals surface area contributed by atoms with Crippen LogP contribution in [0.1, 0.15) is 20.3 Å². The normalized spacial score (nSPS) is 31.2. The lowest BCUT2D eigenvalue weighted by molar-refractivity contribution is -0.148. The zero-order valence-electron chi connectivity index (χ0n) is 6.91. The first-order chi connectivity index (χ1) is 5.11. The molecule has 3 nitrogen and oxygen atoms in total. The second-order valence-corrected chi connectivity index (χ2v) is 3.30. The summed E-state index contributed by atoms with van der Waals surface area (Å²) >= 11 is 0. The first-order valence-corrected chi connectivity index (χ1v) is 3.96. The Kier molecular flexibility index (Phi) is 2.49. The third-order valence-electron chi connectivity index (χ3n) is 1.88. The molecule has 0 bridgehead atoms. The van der Waals surface area contributed by atoms with Crippen molar-refractivity contribution >= 4 is 5.97 Å². The van der Waals surface area contributed by atoms with E-state index in [-0.39, 0.29) is 18.5 Å². The van der Waals surface area contributed by atoms with Crippen LogP contribution in [0.25, 0.3) is 0 Å². The number of carbonyl (C=O) groups is 1. The van der Waals surface area contributed by atoms with Crippen molar-refractivity contribution in [2.75, 3.05) is 6.61 Å². The molecule has 0 aromatic heterocycles. The summed E-state index contributed by atoms with van der Waals surface area (Å²) in [6.45, 7) is 3.75. The summed E-state index contributed by atoms with van der Waals surface area (Å²) in [4.78, 5) is 11.0. The number of carbonyl (C=O) groups excluding carboxylic acids is 1. The summed E-state index contributed by atoms with van der Waals surface area (Å²) in [6.07, 6.45) is 0.395. The fourth-order valence-corrected chi connectivity index (χ4v) is 0.960. The molecule has 1 rings (SSSR count). The quantitative estimate of drug-likeness (QED) is 0.611. The van der Waals surface area contributed by atoms with Gasteiger partial charge in [-0.2, -0.15) is 0 Å². The molecular weight excluding hydrogens is 144 g/mol. The largest absolute Gasteiger partial charge is 0.463 e. The van der Waals surface area contributed by atoms with Gasteiger partial charge in [-0.15, -0.1) is 0 Å². The van der Waals surface area contributed by atoms with Crippen molar-refractivity contribution in [2.45, 2.75) is 26.4 Å². The third-order valence-corrected chi connectivity index (χ3v) is 1.88. The Bertz CT molecular complexity index is 153. The van der Waals surface area contributed by atoms with Crippen LogP contribution in [0.5, 0.6) is 0 Å². The Labute approximate surface area is 66.4 Å². The van der Waals surface area contributed by atoms with Crippen LogP contribution in [0.2, 0.25) is 0 Å². The van der Waals surface area contributed by atoms with E-state index in [9.17, 15) is 4.79 Å². The third kappa shape index (κ3) is 2.50. The zero-order chi connectivity index (χ0) is 8.43. The Balaban J connectivity index is 2.12. The van der Waals surface area contributed by atoms with E-state index in [1.807, 2.05) is 6.92 Å². The van der Waals surface area contributed by atoms with E-state index in [1.54, 1.807) is 6.92 Å². The van der Waals surface area contributed by atoms with Crippen LogP contribution >= 0.6 is 0 Å². The van der Waals surface area contributed by atoms with E-state index in [0.717, 1.165) is 6.42 Å². The van der Waals surface area contributed by atoms with Gasteiger partial charge in [0.1, 0.15) is 6.61 Å². The SMILES string of the molecule is CC(O)COC(=O)[C@H]1C[C@@H]1C. The maximum Gasteiger partial charge on any atom is 0.309 e. The molecule has 0 aromatic carbocycles. The summed E-state index contributed by atoms with van der Waals surface area (Å²) < 4.78 is 4.81. The minimum absolute atomic E-state index is 0.105. The first kappa shape index (κ1) is 8.53. The molecule has 0 saturated heterocycles. The van der Waals surface area contributed by atoms with Gasteiger partial charge in [0.05, 0.1) is 12.0 Å². The standard InChI is InChI=1S/C8H14O3/c1-5-3-7(5)8(10)11-4-6(2)9/h5-7,9H,3-4H2,1-2H3/t5-,6?,7-/m0/s1. The van der Waals surface area contributed by atoms with Gasteiger partial charge in [0.15, 0.2) is 0 Å². The molecule has 0 aromatic rings. The first-order valence-electron chi connectivity index (χ1n) is 3.96. The molecular formula is C8H14O3. The Morgan fingerprint density at radius 3 is 2.73 bits per heavy atom. The maximum atomic E-state index is 11.0. The molecule has 3 atom stereocenters. The van der Waals surface area contributed by atoms with Crippen LogP contribution < -0.4 is 0 Å². The molecule has 0 radical (unpaired) electrons. The van der Waals surface area contributed by atoms with Crippen LogP contribution in [0.15, 0.2) is 0 Å². The number of aliphatic hydroxyl groups excluding tert-OH is 1. The lowest BCUT2D eigenvalue weighted by Gasteiger charge is -2.05. The lowest BCUT2D eigenvalue weighted by Crippen LogP contribution is -2.16. The van der Waals surface area contributed by atoms with E-state index in [0.29, 0.717) is 5.92 Å². The summed E-state index contributed by atoms with van der Waals surface area (Å²) in [7, 11) is 0. The zero-order valence-corrected chi connectivity index (χ0v) is 6.91. The molecule has 1 fully saturated rings. The monoisotopic (exact) mass is 158 g/mol. The molecule has 0 heterocycles. The highest BCUT2D eigenvalue weighted by Crippen LogP contribution is 2.38. The van der Waals surface area contributed by atoms with E-state index >= 15 is 0 Å². The number of rotatable bonds is 3. The fraction of sp³-hybridized carbons (Fsp3) is 0.875. The molecule has 0 spiro atoms. The van der Waals surface area contributed by atoms with Gasteiger partial charge in [0, 0.05) is 0 Å². The second kappa shape index (κ2) is 3.22.